The summed E-state index contributed by atoms with van der Waals surface area (Å²) in [6.07, 6.45) is 0.634. The molecule has 3 heterocycles. The molecule has 0 saturated heterocycles. The molecule has 0 radical (unpaired) electrons. The Morgan fingerprint density at radius 2 is 1.75 bits per heavy atom. The van der Waals surface area contributed by atoms with Gasteiger partial charge in [0.05, 0.1) is 23.6 Å². The monoisotopic (exact) mass is 532 g/mol. The van der Waals surface area contributed by atoms with Gasteiger partial charge >= 0.3 is 5.69 Å². The van der Waals surface area contributed by atoms with Crippen LogP contribution in [0.1, 0.15) is 5.69 Å². The highest BCUT2D eigenvalue weighted by Crippen LogP contribution is 2.38. The fourth-order valence-corrected chi connectivity index (χ4v) is 5.03. The second kappa shape index (κ2) is 7.96. The predicted molar refractivity (Wildman–Crippen MR) is 113 cm³/mol. The van der Waals surface area contributed by atoms with Crippen molar-refractivity contribution in [2.24, 2.45) is 0 Å². The van der Waals surface area contributed by atoms with E-state index in [-0.39, 0.29) is 16.7 Å². The summed E-state index contributed by atoms with van der Waals surface area (Å²) in [6, 6.07) is 0.641. The minimum atomic E-state index is -4.05. The molecule has 0 aliphatic carbocycles. The molecule has 36 heavy (non-hydrogen) atoms. The zero-order chi connectivity index (χ0) is 26.2. The summed E-state index contributed by atoms with van der Waals surface area (Å²) in [5.41, 5.74) is -3.06. The van der Waals surface area contributed by atoms with Crippen LogP contribution in [-0.4, -0.2) is 40.9 Å². The van der Waals surface area contributed by atoms with Crippen LogP contribution in [-0.2, 0) is 23.0 Å². The van der Waals surface area contributed by atoms with Crippen molar-refractivity contribution in [1.29, 1.82) is 0 Å². The summed E-state index contributed by atoms with van der Waals surface area (Å²) in [5, 5.41) is 3.31. The molecule has 1 aliphatic heterocycles. The average Bonchev–Trinajstić information content (AvgIpc) is 3.29. The van der Waals surface area contributed by atoms with E-state index in [1.807, 2.05) is 0 Å². The van der Waals surface area contributed by atoms with Gasteiger partial charge in [-0.15, -0.1) is 0 Å². The molecule has 0 fully saturated rings. The highest BCUT2D eigenvalue weighted by atomic mass is 32.2. The van der Waals surface area contributed by atoms with E-state index in [1.54, 1.807) is 4.72 Å². The summed E-state index contributed by atoms with van der Waals surface area (Å²) >= 11 is 0. The Balaban J connectivity index is 1.72. The third-order valence-electron chi connectivity index (χ3n) is 5.77. The molecule has 1 aliphatic rings. The molecule has 0 amide bonds. The lowest BCUT2D eigenvalue weighted by Crippen LogP contribution is -2.55. The summed E-state index contributed by atoms with van der Waals surface area (Å²) in [6.45, 7) is -0.737. The Kier molecular flexibility index (Phi) is 5.33. The van der Waals surface area contributed by atoms with Crippen LogP contribution in [0.2, 0.25) is 0 Å². The topological polar surface area (TPSA) is 99.1 Å². The van der Waals surface area contributed by atoms with Crippen LogP contribution in [0.3, 0.4) is 0 Å². The first-order valence-corrected chi connectivity index (χ1v) is 12.1. The average molecular weight is 532 g/mol. The zero-order valence-corrected chi connectivity index (χ0v) is 18.8. The number of sulfonamides is 1. The molecule has 1 atom stereocenters. The second-order valence-electron chi connectivity index (χ2n) is 8.31. The lowest BCUT2D eigenvalue weighted by atomic mass is 9.99. The molecule has 2 aromatic heterocycles. The van der Waals surface area contributed by atoms with E-state index in [0.29, 0.717) is 18.4 Å². The van der Waals surface area contributed by atoms with Crippen molar-refractivity contribution in [3.05, 3.63) is 69.9 Å². The number of nitrogens with one attached hydrogen (secondary N) is 1. The van der Waals surface area contributed by atoms with Gasteiger partial charge in [-0.05, 0) is 12.1 Å². The Morgan fingerprint density at radius 1 is 1.08 bits per heavy atom. The second-order valence-corrected chi connectivity index (χ2v) is 10.1. The fraction of sp³-hybridized carbons (Fsp3) is 0.238. The first-order chi connectivity index (χ1) is 16.8. The van der Waals surface area contributed by atoms with E-state index in [0.717, 1.165) is 27.5 Å². The van der Waals surface area contributed by atoms with Crippen molar-refractivity contribution < 1.29 is 39.3 Å². The third-order valence-corrected chi connectivity index (χ3v) is 6.48. The van der Waals surface area contributed by atoms with Crippen LogP contribution in [0.4, 0.5) is 26.3 Å². The number of nitrogens with zero attached hydrogens (tertiary/aromatic N) is 3. The SMILES string of the molecule is CS(=O)(=O)N[C@@H]1Cn2c(cn(-c3noc4ccc(F)c(-c5c(F)cc(F)cc5F)c34)c2=O)CC1(F)F. The summed E-state index contributed by atoms with van der Waals surface area (Å²) < 4.78 is 118. The normalized spacial score (nSPS) is 17.5. The molecule has 190 valence electrons. The van der Waals surface area contributed by atoms with E-state index >= 15 is 0 Å². The molecule has 0 unspecified atom stereocenters. The molecular weight excluding hydrogens is 518 g/mol. The minimum Gasteiger partial charge on any atom is -0.354 e. The first kappa shape index (κ1) is 24.1. The molecule has 0 saturated carbocycles. The molecule has 8 nitrogen and oxygen atoms in total. The van der Waals surface area contributed by atoms with Gasteiger partial charge in [0.2, 0.25) is 10.0 Å². The van der Waals surface area contributed by atoms with Crippen molar-refractivity contribution >= 4 is 21.0 Å². The van der Waals surface area contributed by atoms with E-state index in [1.165, 1.54) is 0 Å². The van der Waals surface area contributed by atoms with Crippen molar-refractivity contribution in [2.75, 3.05) is 6.26 Å². The van der Waals surface area contributed by atoms with E-state index in [4.69, 9.17) is 4.52 Å². The van der Waals surface area contributed by atoms with Crippen LogP contribution in [0.15, 0.2) is 39.8 Å². The van der Waals surface area contributed by atoms with Gasteiger partial charge in [-0.3, -0.25) is 4.57 Å². The van der Waals surface area contributed by atoms with Crippen molar-refractivity contribution in [2.45, 2.75) is 24.9 Å². The summed E-state index contributed by atoms with van der Waals surface area (Å²) in [5.74, 6) is -9.32. The highest BCUT2D eigenvalue weighted by Gasteiger charge is 2.46. The Hall–Kier alpha value is -3.59. The number of benzene rings is 2. The lowest BCUT2D eigenvalue weighted by molar-refractivity contribution is -0.0467. The first-order valence-electron chi connectivity index (χ1n) is 10.2. The summed E-state index contributed by atoms with van der Waals surface area (Å²) in [7, 11) is -4.05. The van der Waals surface area contributed by atoms with Gasteiger partial charge in [0.25, 0.3) is 5.92 Å². The van der Waals surface area contributed by atoms with Gasteiger partial charge in [-0.1, -0.05) is 5.16 Å². The molecule has 2 aromatic carbocycles. The standard InChI is InChI=1S/C21H14F6N4O4S/c1-36(33,34)29-15-8-30-10(6-21(15,26)27)7-31(20(30)32)19-18-14(35-28-19)3-2-11(23)17(18)16-12(24)4-9(22)5-13(16)25/h2-5,7,15,29H,6,8H2,1H3/t15-/m1/s1. The van der Waals surface area contributed by atoms with Gasteiger partial charge in [0, 0.05) is 36.1 Å². The van der Waals surface area contributed by atoms with Crippen molar-refractivity contribution in [3.8, 4) is 16.9 Å². The van der Waals surface area contributed by atoms with E-state index < -0.39 is 80.9 Å². The van der Waals surface area contributed by atoms with Crippen LogP contribution >= 0.6 is 0 Å². The number of fused-ring (bicyclic) bond motifs is 2. The molecule has 15 heteroatoms. The van der Waals surface area contributed by atoms with Gasteiger partial charge in [-0.25, -0.2) is 48.8 Å². The van der Waals surface area contributed by atoms with Crippen molar-refractivity contribution in [1.82, 2.24) is 19.0 Å². The van der Waals surface area contributed by atoms with Crippen molar-refractivity contribution in [3.63, 3.8) is 0 Å². The number of rotatable bonds is 4. The molecule has 0 spiro atoms. The summed E-state index contributed by atoms with van der Waals surface area (Å²) in [4.78, 5) is 13.1. The maximum Gasteiger partial charge on any atom is 0.334 e. The Bertz CT molecular complexity index is 1690. The fourth-order valence-electron chi connectivity index (χ4n) is 4.26. The maximum atomic E-state index is 14.9. The van der Waals surface area contributed by atoms with Crippen LogP contribution < -0.4 is 10.4 Å². The predicted octanol–water partition coefficient (Wildman–Crippen LogP) is 3.11. The molecule has 0 bridgehead atoms. The van der Waals surface area contributed by atoms with E-state index in [9.17, 15) is 39.6 Å². The zero-order valence-electron chi connectivity index (χ0n) is 18.0. The Labute approximate surface area is 197 Å². The molecular formula is C21H14F6N4O4S. The number of alkyl halides is 2. The van der Waals surface area contributed by atoms with Crippen LogP contribution in [0.25, 0.3) is 27.9 Å². The minimum absolute atomic E-state index is 0.204. The highest BCUT2D eigenvalue weighted by molar-refractivity contribution is 7.88. The molecule has 4 aromatic rings. The van der Waals surface area contributed by atoms with E-state index in [2.05, 4.69) is 5.16 Å². The maximum absolute atomic E-state index is 14.9. The van der Waals surface area contributed by atoms with Gasteiger partial charge in [-0.2, -0.15) is 0 Å². The van der Waals surface area contributed by atoms with Gasteiger partial charge < -0.3 is 4.52 Å². The lowest BCUT2D eigenvalue weighted by Gasteiger charge is -2.31. The Morgan fingerprint density at radius 3 is 2.39 bits per heavy atom. The van der Waals surface area contributed by atoms with Gasteiger partial charge in [0.1, 0.15) is 29.3 Å². The van der Waals surface area contributed by atoms with Gasteiger partial charge in [0.15, 0.2) is 11.4 Å². The quantitative estimate of drug-likeness (QED) is 0.408. The number of imidazole rings is 1. The molecule has 5 rings (SSSR count). The number of aromatic nitrogens is 3. The largest absolute Gasteiger partial charge is 0.354 e. The smallest absolute Gasteiger partial charge is 0.334 e. The molecule has 1 N–H and O–H groups in total. The third kappa shape index (κ3) is 3.87. The number of hydrogen-bond donors (Lipinski definition) is 1. The number of halogens is 6. The van der Waals surface area contributed by atoms with Crippen LogP contribution in [0.5, 0.6) is 0 Å². The number of hydrogen-bond acceptors (Lipinski definition) is 5. The van der Waals surface area contributed by atoms with Crippen LogP contribution in [0, 0.1) is 23.3 Å².